The van der Waals surface area contributed by atoms with Crippen LogP contribution in [0.25, 0.3) is 0 Å². The molecule has 1 saturated heterocycles. The molecular formula is C15H19BBr2O2. The Labute approximate surface area is 138 Å². The average molecular weight is 402 g/mol. The molecule has 0 spiro atoms. The summed E-state index contributed by atoms with van der Waals surface area (Å²) in [7, 11) is -0.306. The predicted molar refractivity (Wildman–Crippen MR) is 89.5 cm³/mol. The Balaban J connectivity index is 1.97. The zero-order chi connectivity index (χ0) is 14.7. The van der Waals surface area contributed by atoms with Crippen LogP contribution >= 0.6 is 31.9 Å². The van der Waals surface area contributed by atoms with Crippen molar-refractivity contribution >= 4 is 44.4 Å². The maximum absolute atomic E-state index is 6.16. The summed E-state index contributed by atoms with van der Waals surface area (Å²) in [6, 6.07) is 4.35. The molecule has 0 unspecified atom stereocenters. The summed E-state index contributed by atoms with van der Waals surface area (Å²) in [5.41, 5.74) is 1.86. The van der Waals surface area contributed by atoms with Gasteiger partial charge in [-0.05, 0) is 63.5 Å². The zero-order valence-electron chi connectivity index (χ0n) is 12.3. The highest BCUT2D eigenvalue weighted by molar-refractivity contribution is 9.11. The second kappa shape index (κ2) is 4.84. The Morgan fingerprint density at radius 3 is 2.05 bits per heavy atom. The summed E-state index contributed by atoms with van der Waals surface area (Å²) in [6.07, 6.45) is 2.56. The predicted octanol–water partition coefficient (Wildman–Crippen LogP) is 4.39. The lowest BCUT2D eigenvalue weighted by atomic mass is 9.78. The van der Waals surface area contributed by atoms with Gasteiger partial charge in [-0.3, -0.25) is 0 Å². The summed E-state index contributed by atoms with van der Waals surface area (Å²) in [4.78, 5) is 0. The van der Waals surface area contributed by atoms with E-state index in [9.17, 15) is 0 Å². The Morgan fingerprint density at radius 2 is 1.55 bits per heavy atom. The fourth-order valence-corrected chi connectivity index (χ4v) is 3.95. The van der Waals surface area contributed by atoms with Crippen molar-refractivity contribution in [2.45, 2.75) is 57.7 Å². The first-order chi connectivity index (χ1) is 9.21. The maximum Gasteiger partial charge on any atom is 0.496 e. The molecule has 20 heavy (non-hydrogen) atoms. The van der Waals surface area contributed by atoms with E-state index in [1.165, 1.54) is 22.9 Å². The van der Waals surface area contributed by atoms with Crippen molar-refractivity contribution in [3.8, 4) is 0 Å². The van der Waals surface area contributed by atoms with Crippen LogP contribution in [-0.4, -0.2) is 18.3 Å². The molecule has 2 nitrogen and oxygen atoms in total. The first-order valence-electron chi connectivity index (χ1n) is 7.06. The second-order valence-corrected chi connectivity index (χ2v) is 8.47. The Morgan fingerprint density at radius 1 is 1.00 bits per heavy atom. The van der Waals surface area contributed by atoms with Crippen LogP contribution in [0, 0.1) is 0 Å². The molecule has 3 rings (SSSR count). The molecule has 0 aromatic heterocycles. The van der Waals surface area contributed by atoms with Crippen LogP contribution in [-0.2, 0) is 9.31 Å². The van der Waals surface area contributed by atoms with Gasteiger partial charge in [-0.2, -0.15) is 0 Å². The quantitative estimate of drug-likeness (QED) is 0.684. The largest absolute Gasteiger partial charge is 0.496 e. The maximum atomic E-state index is 6.16. The molecule has 0 radical (unpaired) electrons. The van der Waals surface area contributed by atoms with Crippen LogP contribution < -0.4 is 5.46 Å². The molecule has 5 heteroatoms. The van der Waals surface area contributed by atoms with E-state index in [4.69, 9.17) is 9.31 Å². The molecule has 1 heterocycles. The van der Waals surface area contributed by atoms with Gasteiger partial charge in [0, 0.05) is 8.95 Å². The molecule has 0 atom stereocenters. The number of hydrogen-bond acceptors (Lipinski definition) is 2. The summed E-state index contributed by atoms with van der Waals surface area (Å²) in [5, 5.41) is 0. The smallest absolute Gasteiger partial charge is 0.399 e. The van der Waals surface area contributed by atoms with Gasteiger partial charge in [0.05, 0.1) is 11.2 Å². The standard InChI is InChI=1S/C15H19BBr2O2/c1-14(2)15(3,4)20-16(19-14)11-7-10(9-5-6-9)12(17)8-13(11)18/h7-9H,5-6H2,1-4H3. The summed E-state index contributed by atoms with van der Waals surface area (Å²) >= 11 is 7.31. The number of hydrogen-bond donors (Lipinski definition) is 0. The Bertz CT molecular complexity index is 537. The van der Waals surface area contributed by atoms with Crippen LogP contribution in [0.1, 0.15) is 52.0 Å². The molecule has 0 N–H and O–H groups in total. The van der Waals surface area contributed by atoms with Gasteiger partial charge in [0.25, 0.3) is 0 Å². The lowest BCUT2D eigenvalue weighted by Crippen LogP contribution is -2.41. The van der Waals surface area contributed by atoms with Gasteiger partial charge in [-0.15, -0.1) is 0 Å². The Hall–Kier alpha value is 0.165. The number of halogens is 2. The lowest BCUT2D eigenvalue weighted by Gasteiger charge is -2.32. The monoisotopic (exact) mass is 400 g/mol. The molecule has 1 saturated carbocycles. The average Bonchev–Trinajstić information content (AvgIpc) is 3.07. The molecule has 1 aliphatic heterocycles. The SMILES string of the molecule is CC1(C)OB(c2cc(C3CC3)c(Br)cc2Br)OC1(C)C. The minimum atomic E-state index is -0.306. The van der Waals surface area contributed by atoms with Crippen LogP contribution in [0.4, 0.5) is 0 Å². The minimum absolute atomic E-state index is 0.302. The van der Waals surface area contributed by atoms with E-state index in [2.05, 4.69) is 71.7 Å². The molecule has 2 aliphatic rings. The topological polar surface area (TPSA) is 18.5 Å². The first-order valence-corrected chi connectivity index (χ1v) is 8.64. The molecule has 1 aromatic rings. The van der Waals surface area contributed by atoms with Crippen molar-refractivity contribution in [3.05, 3.63) is 26.6 Å². The third kappa shape index (κ3) is 2.51. The van der Waals surface area contributed by atoms with Crippen LogP contribution in [0.15, 0.2) is 21.1 Å². The van der Waals surface area contributed by atoms with Crippen molar-refractivity contribution < 1.29 is 9.31 Å². The third-order valence-corrected chi connectivity index (χ3v) is 6.01. The molecule has 108 valence electrons. The number of benzene rings is 1. The lowest BCUT2D eigenvalue weighted by molar-refractivity contribution is 0.00578. The molecular weight excluding hydrogens is 383 g/mol. The van der Waals surface area contributed by atoms with Crippen molar-refractivity contribution in [2.75, 3.05) is 0 Å². The van der Waals surface area contributed by atoms with E-state index in [1.807, 2.05) is 0 Å². The van der Waals surface area contributed by atoms with Crippen molar-refractivity contribution in [2.24, 2.45) is 0 Å². The molecule has 0 bridgehead atoms. The van der Waals surface area contributed by atoms with Crippen molar-refractivity contribution in [1.82, 2.24) is 0 Å². The van der Waals surface area contributed by atoms with E-state index >= 15 is 0 Å². The van der Waals surface area contributed by atoms with E-state index in [-0.39, 0.29) is 18.3 Å². The van der Waals surface area contributed by atoms with E-state index in [0.717, 1.165) is 9.94 Å². The zero-order valence-corrected chi connectivity index (χ0v) is 15.5. The second-order valence-electron chi connectivity index (χ2n) is 6.76. The Kier molecular flexibility index (Phi) is 3.64. The van der Waals surface area contributed by atoms with Crippen molar-refractivity contribution in [3.63, 3.8) is 0 Å². The van der Waals surface area contributed by atoms with E-state index in [1.54, 1.807) is 0 Å². The van der Waals surface area contributed by atoms with Gasteiger partial charge < -0.3 is 9.31 Å². The van der Waals surface area contributed by atoms with Gasteiger partial charge in [0.2, 0.25) is 0 Å². The molecule has 0 amide bonds. The molecule has 1 aromatic carbocycles. The minimum Gasteiger partial charge on any atom is -0.399 e. The fraction of sp³-hybridized carbons (Fsp3) is 0.600. The summed E-state index contributed by atoms with van der Waals surface area (Å²) in [6.45, 7) is 8.34. The van der Waals surface area contributed by atoms with Crippen LogP contribution in [0.3, 0.4) is 0 Å². The highest BCUT2D eigenvalue weighted by atomic mass is 79.9. The van der Waals surface area contributed by atoms with Gasteiger partial charge in [0.15, 0.2) is 0 Å². The van der Waals surface area contributed by atoms with Gasteiger partial charge >= 0.3 is 7.12 Å². The summed E-state index contributed by atoms with van der Waals surface area (Å²) in [5.74, 6) is 0.693. The van der Waals surface area contributed by atoms with Gasteiger partial charge in [0.1, 0.15) is 0 Å². The fourth-order valence-electron chi connectivity index (χ4n) is 2.44. The van der Waals surface area contributed by atoms with Gasteiger partial charge in [-0.1, -0.05) is 37.9 Å². The highest BCUT2D eigenvalue weighted by Gasteiger charge is 2.52. The molecule has 1 aliphatic carbocycles. The highest BCUT2D eigenvalue weighted by Crippen LogP contribution is 2.44. The summed E-state index contributed by atoms with van der Waals surface area (Å²) < 4.78 is 14.5. The van der Waals surface area contributed by atoms with E-state index in [0.29, 0.717) is 5.92 Å². The van der Waals surface area contributed by atoms with Crippen LogP contribution in [0.5, 0.6) is 0 Å². The molecule has 2 fully saturated rings. The number of rotatable bonds is 2. The normalized spacial score (nSPS) is 24.2. The van der Waals surface area contributed by atoms with Gasteiger partial charge in [-0.25, -0.2) is 0 Å². The first kappa shape index (κ1) is 15.1. The van der Waals surface area contributed by atoms with Crippen LogP contribution in [0.2, 0.25) is 0 Å². The van der Waals surface area contributed by atoms with E-state index < -0.39 is 0 Å². The third-order valence-electron chi connectivity index (χ3n) is 4.64. The van der Waals surface area contributed by atoms with Crippen molar-refractivity contribution in [1.29, 1.82) is 0 Å².